The Morgan fingerprint density at radius 1 is 1.00 bits per heavy atom. The Balaban J connectivity index is 2.66. The number of para-hydroxylation sites is 1. The number of anilines is 1. The van der Waals surface area contributed by atoms with E-state index in [0.717, 1.165) is 5.69 Å². The second-order valence-electron chi connectivity index (χ2n) is 1.99. The fourth-order valence-electron chi connectivity index (χ4n) is 0.685. The van der Waals surface area contributed by atoms with Gasteiger partial charge in [0.05, 0.1) is 0 Å². The highest BCUT2D eigenvalue weighted by Crippen LogP contribution is 2.33. The molecule has 1 rings (SSSR count). The Hall–Kier alpha value is 0.460. The summed E-state index contributed by atoms with van der Waals surface area (Å²) < 4.78 is -0.408. The van der Waals surface area contributed by atoms with Gasteiger partial charge in [-0.1, -0.05) is 18.2 Å². The molecule has 0 aliphatic heterocycles. The first-order valence-corrected chi connectivity index (χ1v) is 5.36. The van der Waals surface area contributed by atoms with Gasteiger partial charge in [0.2, 0.25) is 2.27 Å². The van der Waals surface area contributed by atoms with Gasteiger partial charge in [-0.05, 0) is 59.9 Å². The van der Waals surface area contributed by atoms with Crippen molar-refractivity contribution in [3.8, 4) is 0 Å². The molecule has 0 heterocycles. The molecule has 0 saturated heterocycles. The van der Waals surface area contributed by atoms with Gasteiger partial charge in [-0.3, -0.25) is 0 Å². The summed E-state index contributed by atoms with van der Waals surface area (Å²) >= 11 is 10.0. The van der Waals surface area contributed by atoms with Crippen LogP contribution in [-0.4, -0.2) is 2.27 Å². The van der Waals surface area contributed by atoms with Crippen LogP contribution in [0.25, 0.3) is 0 Å². The third-order valence-corrected chi connectivity index (χ3v) is 1.65. The number of hydrogen-bond acceptors (Lipinski definition) is 1. The van der Waals surface area contributed by atoms with E-state index in [1.54, 1.807) is 0 Å². The van der Waals surface area contributed by atoms with Gasteiger partial charge in [0.1, 0.15) is 0 Å². The zero-order valence-electron chi connectivity index (χ0n) is 5.52. The highest BCUT2D eigenvalue weighted by Gasteiger charge is 2.15. The maximum Gasteiger partial charge on any atom is 0.204 e. The van der Waals surface area contributed by atoms with E-state index in [4.69, 9.17) is 0 Å². The topological polar surface area (TPSA) is 12.0 Å². The third-order valence-electron chi connectivity index (χ3n) is 1.06. The Bertz CT molecular complexity index is 217. The van der Waals surface area contributed by atoms with Crippen LogP contribution in [0.5, 0.6) is 0 Å². The summed E-state index contributed by atoms with van der Waals surface area (Å²) in [7, 11) is 0. The molecule has 0 atom stereocenters. The molecule has 0 aliphatic rings. The molecule has 1 N–H and O–H groups in total. The highest BCUT2D eigenvalue weighted by atomic mass is 80.0. The minimum absolute atomic E-state index is 0.408. The summed E-state index contributed by atoms with van der Waals surface area (Å²) in [5.41, 5.74) is 1.04. The Kier molecular flexibility index (Phi) is 3.40. The molecule has 1 nitrogen and oxygen atoms in total. The fourth-order valence-corrected chi connectivity index (χ4v) is 1.37. The largest absolute Gasteiger partial charge is 0.353 e. The predicted molar refractivity (Wildman–Crippen MR) is 59.6 cm³/mol. The minimum Gasteiger partial charge on any atom is -0.353 e. The molecule has 0 radical (unpaired) electrons. The van der Waals surface area contributed by atoms with Gasteiger partial charge in [0, 0.05) is 5.69 Å². The molecule has 4 heteroatoms. The smallest absolute Gasteiger partial charge is 0.204 e. The predicted octanol–water partition coefficient (Wildman–Crippen LogP) is 3.89. The maximum atomic E-state index is 3.34. The molecule has 11 heavy (non-hydrogen) atoms. The fraction of sp³-hybridized carbons (Fsp3) is 0.143. The van der Waals surface area contributed by atoms with Crippen LogP contribution in [-0.2, 0) is 0 Å². The monoisotopic (exact) mass is 341 g/mol. The third kappa shape index (κ3) is 4.13. The van der Waals surface area contributed by atoms with Crippen molar-refractivity contribution in [2.75, 3.05) is 5.32 Å². The molecule has 0 spiro atoms. The normalized spacial score (nSPS) is 11.2. The van der Waals surface area contributed by atoms with Gasteiger partial charge in [-0.15, -0.1) is 0 Å². The lowest BCUT2D eigenvalue weighted by Crippen LogP contribution is -2.13. The van der Waals surface area contributed by atoms with Crippen molar-refractivity contribution in [2.45, 2.75) is 2.27 Å². The Morgan fingerprint density at radius 3 is 2.00 bits per heavy atom. The van der Waals surface area contributed by atoms with Crippen molar-refractivity contribution in [2.24, 2.45) is 0 Å². The summed E-state index contributed by atoms with van der Waals surface area (Å²) in [5.74, 6) is 0. The average molecular weight is 344 g/mol. The molecule has 1 aromatic rings. The number of halogens is 3. The molecule has 0 amide bonds. The second kappa shape index (κ2) is 3.92. The lowest BCUT2D eigenvalue weighted by molar-refractivity contribution is 1.38. The molecule has 0 fully saturated rings. The van der Waals surface area contributed by atoms with Crippen molar-refractivity contribution in [1.82, 2.24) is 0 Å². The van der Waals surface area contributed by atoms with Gasteiger partial charge in [-0.2, -0.15) is 0 Å². The number of rotatable bonds is 1. The van der Waals surface area contributed by atoms with E-state index in [9.17, 15) is 0 Å². The molecule has 0 aliphatic carbocycles. The molecule has 0 unspecified atom stereocenters. The number of benzene rings is 1. The molecule has 60 valence electrons. The van der Waals surface area contributed by atoms with Crippen LogP contribution >= 0.6 is 47.8 Å². The van der Waals surface area contributed by atoms with Crippen LogP contribution in [0.3, 0.4) is 0 Å². The number of alkyl halides is 3. The zero-order chi connectivity index (χ0) is 8.32. The molecular weight excluding hydrogens is 338 g/mol. The van der Waals surface area contributed by atoms with E-state index in [0.29, 0.717) is 0 Å². The Labute approximate surface area is 90.9 Å². The van der Waals surface area contributed by atoms with Gasteiger partial charge >= 0.3 is 0 Å². The summed E-state index contributed by atoms with van der Waals surface area (Å²) in [6, 6.07) is 9.89. The SMILES string of the molecule is BrC(Br)(Br)Nc1ccccc1. The van der Waals surface area contributed by atoms with Crippen LogP contribution in [0.4, 0.5) is 5.69 Å². The van der Waals surface area contributed by atoms with Crippen LogP contribution in [0, 0.1) is 0 Å². The van der Waals surface area contributed by atoms with Crippen molar-refractivity contribution in [1.29, 1.82) is 0 Å². The summed E-state index contributed by atoms with van der Waals surface area (Å²) in [5, 5.41) is 3.13. The van der Waals surface area contributed by atoms with Crippen LogP contribution in [0.2, 0.25) is 0 Å². The molecule has 0 saturated carbocycles. The summed E-state index contributed by atoms with van der Waals surface area (Å²) in [6.45, 7) is 0. The van der Waals surface area contributed by atoms with Crippen LogP contribution < -0.4 is 5.32 Å². The highest BCUT2D eigenvalue weighted by molar-refractivity contribution is 9.39. The van der Waals surface area contributed by atoms with E-state index < -0.39 is 2.27 Å². The van der Waals surface area contributed by atoms with Crippen molar-refractivity contribution >= 4 is 53.5 Å². The van der Waals surface area contributed by atoms with E-state index in [2.05, 4.69) is 53.1 Å². The molecular formula is C7H6Br3N. The van der Waals surface area contributed by atoms with Gasteiger partial charge in [0.25, 0.3) is 0 Å². The summed E-state index contributed by atoms with van der Waals surface area (Å²) in [6.07, 6.45) is 0. The van der Waals surface area contributed by atoms with E-state index in [-0.39, 0.29) is 0 Å². The average Bonchev–Trinajstić information content (AvgIpc) is 1.85. The lowest BCUT2D eigenvalue weighted by atomic mass is 10.3. The lowest BCUT2D eigenvalue weighted by Gasteiger charge is -2.15. The van der Waals surface area contributed by atoms with Crippen LogP contribution in [0.1, 0.15) is 0 Å². The first-order valence-electron chi connectivity index (χ1n) is 2.98. The van der Waals surface area contributed by atoms with E-state index in [1.165, 1.54) is 0 Å². The first-order chi connectivity index (χ1) is 5.08. The minimum atomic E-state index is -0.408. The van der Waals surface area contributed by atoms with E-state index >= 15 is 0 Å². The van der Waals surface area contributed by atoms with Gasteiger partial charge in [0.15, 0.2) is 0 Å². The number of nitrogens with one attached hydrogen (secondary N) is 1. The quantitative estimate of drug-likeness (QED) is 0.602. The summed E-state index contributed by atoms with van der Waals surface area (Å²) in [4.78, 5) is 0. The van der Waals surface area contributed by atoms with Gasteiger partial charge in [-0.25, -0.2) is 0 Å². The van der Waals surface area contributed by atoms with E-state index in [1.807, 2.05) is 30.3 Å². The molecule has 0 aromatic heterocycles. The first kappa shape index (κ1) is 9.55. The second-order valence-corrected chi connectivity index (χ2v) is 8.75. The standard InChI is InChI=1S/C7H6Br3N/c8-7(9,10)11-6-4-2-1-3-5-6/h1-5,11H. The van der Waals surface area contributed by atoms with Crippen molar-refractivity contribution in [3.63, 3.8) is 0 Å². The van der Waals surface area contributed by atoms with Crippen LogP contribution in [0.15, 0.2) is 30.3 Å². The maximum absolute atomic E-state index is 3.34. The van der Waals surface area contributed by atoms with Gasteiger partial charge < -0.3 is 5.32 Å². The van der Waals surface area contributed by atoms with Crippen molar-refractivity contribution < 1.29 is 0 Å². The molecule has 1 aromatic carbocycles. The van der Waals surface area contributed by atoms with Crippen molar-refractivity contribution in [3.05, 3.63) is 30.3 Å². The number of hydrogen-bond donors (Lipinski definition) is 1. The molecule has 0 bridgehead atoms. The Morgan fingerprint density at radius 2 is 1.55 bits per heavy atom. The zero-order valence-corrected chi connectivity index (χ0v) is 10.3.